The Morgan fingerprint density at radius 3 is 2.56 bits per heavy atom. The summed E-state index contributed by atoms with van der Waals surface area (Å²) in [6, 6.07) is 0. The standard InChI is InChI=1S/C11H22N2O4S/c12-18(16,17)9-10-7-11(15)13(8-10)5-3-1-2-4-6-14/h10,14H,1-9H2,(H2,12,16,17). The van der Waals surface area contributed by atoms with Crippen LogP contribution in [0.15, 0.2) is 0 Å². The van der Waals surface area contributed by atoms with Gasteiger partial charge in [0, 0.05) is 32.0 Å². The van der Waals surface area contributed by atoms with Crippen LogP contribution in [0.4, 0.5) is 0 Å². The van der Waals surface area contributed by atoms with Crippen LogP contribution in [-0.2, 0) is 14.8 Å². The average molecular weight is 278 g/mol. The molecule has 1 heterocycles. The van der Waals surface area contributed by atoms with Crippen molar-refractivity contribution < 1.29 is 18.3 Å². The molecule has 1 aliphatic rings. The van der Waals surface area contributed by atoms with Crippen LogP contribution in [0.25, 0.3) is 0 Å². The summed E-state index contributed by atoms with van der Waals surface area (Å²) in [5.74, 6) is -0.254. The van der Waals surface area contributed by atoms with Crippen LogP contribution in [0.3, 0.4) is 0 Å². The molecule has 1 aliphatic heterocycles. The number of carbonyl (C=O) groups excluding carboxylic acids is 1. The molecule has 1 fully saturated rings. The molecule has 1 unspecified atom stereocenters. The van der Waals surface area contributed by atoms with Crippen LogP contribution in [0, 0.1) is 5.92 Å². The summed E-state index contributed by atoms with van der Waals surface area (Å²) in [7, 11) is -3.49. The van der Waals surface area contributed by atoms with E-state index in [2.05, 4.69) is 0 Å². The van der Waals surface area contributed by atoms with Gasteiger partial charge >= 0.3 is 0 Å². The molecule has 6 nitrogen and oxygen atoms in total. The van der Waals surface area contributed by atoms with Gasteiger partial charge in [0.1, 0.15) is 0 Å². The van der Waals surface area contributed by atoms with Crippen molar-refractivity contribution in [2.45, 2.75) is 32.1 Å². The molecule has 1 saturated heterocycles. The molecule has 0 spiro atoms. The van der Waals surface area contributed by atoms with Crippen molar-refractivity contribution in [1.29, 1.82) is 0 Å². The van der Waals surface area contributed by atoms with E-state index in [9.17, 15) is 13.2 Å². The average Bonchev–Trinajstić information content (AvgIpc) is 2.56. The van der Waals surface area contributed by atoms with E-state index in [0.29, 0.717) is 13.1 Å². The molecule has 3 N–H and O–H groups in total. The molecule has 0 saturated carbocycles. The minimum atomic E-state index is -3.49. The van der Waals surface area contributed by atoms with Gasteiger partial charge in [-0.05, 0) is 12.8 Å². The molecular formula is C11H22N2O4S. The van der Waals surface area contributed by atoms with Crippen LogP contribution in [0.2, 0.25) is 0 Å². The van der Waals surface area contributed by atoms with Crippen LogP contribution in [0.5, 0.6) is 0 Å². The lowest BCUT2D eigenvalue weighted by Crippen LogP contribution is -2.28. The van der Waals surface area contributed by atoms with Gasteiger partial charge in [-0.25, -0.2) is 13.6 Å². The van der Waals surface area contributed by atoms with Gasteiger partial charge in [-0.15, -0.1) is 0 Å². The molecule has 0 radical (unpaired) electrons. The summed E-state index contributed by atoms with van der Waals surface area (Å²) in [6.07, 6.45) is 3.91. The third-order valence-electron chi connectivity index (χ3n) is 3.10. The van der Waals surface area contributed by atoms with E-state index in [1.54, 1.807) is 4.90 Å². The SMILES string of the molecule is NS(=O)(=O)CC1CC(=O)N(CCCCCCO)C1. The molecular weight excluding hydrogens is 256 g/mol. The van der Waals surface area contributed by atoms with E-state index < -0.39 is 10.0 Å². The number of rotatable bonds is 8. The molecule has 0 aromatic carbocycles. The second-order valence-electron chi connectivity index (χ2n) is 4.88. The Morgan fingerprint density at radius 1 is 1.28 bits per heavy atom. The maximum atomic E-state index is 11.6. The molecule has 18 heavy (non-hydrogen) atoms. The van der Waals surface area contributed by atoms with E-state index in [1.807, 2.05) is 0 Å². The van der Waals surface area contributed by atoms with Crippen molar-refractivity contribution in [2.24, 2.45) is 11.1 Å². The molecule has 1 amide bonds. The molecule has 7 heteroatoms. The van der Waals surface area contributed by atoms with Crippen molar-refractivity contribution in [3.8, 4) is 0 Å². The Morgan fingerprint density at radius 2 is 1.94 bits per heavy atom. The molecule has 0 aliphatic carbocycles. The number of likely N-dealkylation sites (tertiary alicyclic amines) is 1. The van der Waals surface area contributed by atoms with Gasteiger partial charge in [-0.3, -0.25) is 4.79 Å². The lowest BCUT2D eigenvalue weighted by molar-refractivity contribution is -0.127. The number of hydrogen-bond donors (Lipinski definition) is 2. The van der Waals surface area contributed by atoms with E-state index in [0.717, 1.165) is 25.7 Å². The molecule has 0 aromatic rings. The first-order valence-corrected chi connectivity index (χ1v) is 8.03. The summed E-state index contributed by atoms with van der Waals surface area (Å²) >= 11 is 0. The number of carbonyl (C=O) groups is 1. The molecule has 0 bridgehead atoms. The Labute approximate surface area is 108 Å². The van der Waals surface area contributed by atoms with Crippen LogP contribution in [-0.4, -0.2) is 49.8 Å². The summed E-state index contributed by atoms with van der Waals surface area (Å²) in [5, 5.41) is 13.6. The second kappa shape index (κ2) is 7.06. The van der Waals surface area contributed by atoms with Crippen molar-refractivity contribution in [1.82, 2.24) is 4.90 Å². The maximum Gasteiger partial charge on any atom is 0.222 e. The molecule has 1 rings (SSSR count). The summed E-state index contributed by atoms with van der Waals surface area (Å²) in [5.41, 5.74) is 0. The molecule has 1 atom stereocenters. The van der Waals surface area contributed by atoms with E-state index in [1.165, 1.54) is 0 Å². The molecule has 106 valence electrons. The van der Waals surface area contributed by atoms with Gasteiger partial charge in [0.25, 0.3) is 0 Å². The predicted molar refractivity (Wildman–Crippen MR) is 68.2 cm³/mol. The highest BCUT2D eigenvalue weighted by molar-refractivity contribution is 7.89. The Balaban J connectivity index is 2.25. The fourth-order valence-corrected chi connectivity index (χ4v) is 3.16. The fourth-order valence-electron chi connectivity index (χ4n) is 2.28. The monoisotopic (exact) mass is 278 g/mol. The lowest BCUT2D eigenvalue weighted by Gasteiger charge is -2.16. The highest BCUT2D eigenvalue weighted by Gasteiger charge is 2.31. The van der Waals surface area contributed by atoms with Crippen molar-refractivity contribution >= 4 is 15.9 Å². The van der Waals surface area contributed by atoms with Crippen LogP contribution < -0.4 is 5.14 Å². The normalized spacial score (nSPS) is 20.7. The zero-order chi connectivity index (χ0) is 13.6. The zero-order valence-corrected chi connectivity index (χ0v) is 11.4. The first kappa shape index (κ1) is 15.4. The van der Waals surface area contributed by atoms with E-state index in [4.69, 9.17) is 10.2 Å². The number of hydrogen-bond acceptors (Lipinski definition) is 4. The van der Waals surface area contributed by atoms with Gasteiger partial charge in [-0.1, -0.05) is 12.8 Å². The Bertz CT molecular complexity index is 369. The first-order chi connectivity index (χ1) is 8.42. The summed E-state index contributed by atoms with van der Waals surface area (Å²) < 4.78 is 21.9. The maximum absolute atomic E-state index is 11.6. The number of nitrogens with two attached hydrogens (primary N) is 1. The Hall–Kier alpha value is -0.660. The molecule has 0 aromatic heterocycles. The zero-order valence-electron chi connectivity index (χ0n) is 10.5. The number of primary sulfonamides is 1. The van der Waals surface area contributed by atoms with Gasteiger partial charge in [0.2, 0.25) is 15.9 Å². The second-order valence-corrected chi connectivity index (χ2v) is 6.54. The van der Waals surface area contributed by atoms with Crippen LogP contribution >= 0.6 is 0 Å². The number of aliphatic hydroxyl groups excluding tert-OH is 1. The smallest absolute Gasteiger partial charge is 0.222 e. The number of aliphatic hydroxyl groups is 1. The predicted octanol–water partition coefficient (Wildman–Crippen LogP) is -0.324. The summed E-state index contributed by atoms with van der Waals surface area (Å²) in [4.78, 5) is 13.4. The van der Waals surface area contributed by atoms with E-state index >= 15 is 0 Å². The third-order valence-corrected chi connectivity index (χ3v) is 4.03. The van der Waals surface area contributed by atoms with Crippen molar-refractivity contribution in [3.63, 3.8) is 0 Å². The lowest BCUT2D eigenvalue weighted by atomic mass is 10.1. The van der Waals surface area contributed by atoms with Gasteiger partial charge in [0.15, 0.2) is 0 Å². The number of unbranched alkanes of at least 4 members (excludes halogenated alkanes) is 3. The first-order valence-electron chi connectivity index (χ1n) is 6.31. The number of nitrogens with zero attached hydrogens (tertiary/aromatic N) is 1. The Kier molecular flexibility index (Phi) is 6.04. The number of amides is 1. The van der Waals surface area contributed by atoms with Gasteiger partial charge < -0.3 is 10.0 Å². The highest BCUT2D eigenvalue weighted by atomic mass is 32.2. The fraction of sp³-hybridized carbons (Fsp3) is 0.909. The van der Waals surface area contributed by atoms with Gasteiger partial charge in [-0.2, -0.15) is 0 Å². The van der Waals surface area contributed by atoms with Gasteiger partial charge in [0.05, 0.1) is 5.75 Å². The topological polar surface area (TPSA) is 101 Å². The minimum Gasteiger partial charge on any atom is -0.396 e. The summed E-state index contributed by atoms with van der Waals surface area (Å²) in [6.45, 7) is 1.37. The third kappa shape index (κ3) is 5.79. The van der Waals surface area contributed by atoms with Crippen molar-refractivity contribution in [2.75, 3.05) is 25.4 Å². The quantitative estimate of drug-likeness (QED) is 0.594. The highest BCUT2D eigenvalue weighted by Crippen LogP contribution is 2.19. The van der Waals surface area contributed by atoms with Crippen LogP contribution in [0.1, 0.15) is 32.1 Å². The minimum absolute atomic E-state index is 0.0193. The van der Waals surface area contributed by atoms with Crippen molar-refractivity contribution in [3.05, 3.63) is 0 Å². The largest absolute Gasteiger partial charge is 0.396 e. The van der Waals surface area contributed by atoms with E-state index in [-0.39, 0.29) is 30.6 Å². The number of sulfonamides is 1.